The smallest absolute Gasteiger partial charge is 0.157 e. The molecule has 0 amide bonds. The molecule has 0 heterocycles. The van der Waals surface area contributed by atoms with Crippen molar-refractivity contribution in [3.8, 4) is 0 Å². The Morgan fingerprint density at radius 1 is 1.29 bits per heavy atom. The van der Waals surface area contributed by atoms with E-state index in [9.17, 15) is 13.5 Å². The molecule has 0 aromatic heterocycles. The fraction of sp³-hybridized carbons (Fsp3) is 1.00. The SMILES string of the molecule is CCS(=O)(=O)[C@@H](CO)[C@@H](O)C(C)(C)C. The van der Waals surface area contributed by atoms with Crippen molar-refractivity contribution in [3.63, 3.8) is 0 Å². The number of sulfone groups is 1. The van der Waals surface area contributed by atoms with E-state index in [-0.39, 0.29) is 5.75 Å². The van der Waals surface area contributed by atoms with Gasteiger partial charge in [0.15, 0.2) is 9.84 Å². The van der Waals surface area contributed by atoms with Crippen LogP contribution in [0.15, 0.2) is 0 Å². The van der Waals surface area contributed by atoms with Gasteiger partial charge < -0.3 is 10.2 Å². The summed E-state index contributed by atoms with van der Waals surface area (Å²) in [4.78, 5) is 0. The van der Waals surface area contributed by atoms with Crippen molar-refractivity contribution in [2.24, 2.45) is 5.41 Å². The minimum absolute atomic E-state index is 0.0641. The molecule has 0 saturated carbocycles. The summed E-state index contributed by atoms with van der Waals surface area (Å²) in [6, 6.07) is 0. The largest absolute Gasteiger partial charge is 0.395 e. The molecular formula is C9H20O4S. The van der Waals surface area contributed by atoms with Gasteiger partial charge in [-0.25, -0.2) is 8.42 Å². The van der Waals surface area contributed by atoms with Crippen LogP contribution in [0.25, 0.3) is 0 Å². The summed E-state index contributed by atoms with van der Waals surface area (Å²) in [5.74, 6) is -0.0641. The molecule has 0 aliphatic carbocycles. The van der Waals surface area contributed by atoms with Crippen molar-refractivity contribution < 1.29 is 18.6 Å². The third-order valence-electron chi connectivity index (χ3n) is 2.28. The first kappa shape index (κ1) is 13.9. The van der Waals surface area contributed by atoms with E-state index in [4.69, 9.17) is 5.11 Å². The van der Waals surface area contributed by atoms with Crippen molar-refractivity contribution in [1.82, 2.24) is 0 Å². The molecule has 0 spiro atoms. The summed E-state index contributed by atoms with van der Waals surface area (Å²) in [6.45, 7) is 6.20. The van der Waals surface area contributed by atoms with E-state index in [1.54, 1.807) is 20.8 Å². The minimum Gasteiger partial charge on any atom is -0.395 e. The van der Waals surface area contributed by atoms with Gasteiger partial charge in [-0.3, -0.25) is 0 Å². The lowest BCUT2D eigenvalue weighted by Gasteiger charge is -2.31. The van der Waals surface area contributed by atoms with Crippen molar-refractivity contribution in [3.05, 3.63) is 0 Å². The van der Waals surface area contributed by atoms with Crippen molar-refractivity contribution in [2.75, 3.05) is 12.4 Å². The quantitative estimate of drug-likeness (QED) is 0.715. The highest BCUT2D eigenvalue weighted by atomic mass is 32.2. The first-order valence-corrected chi connectivity index (χ1v) is 6.38. The van der Waals surface area contributed by atoms with Crippen LogP contribution < -0.4 is 0 Å². The third kappa shape index (κ3) is 3.22. The molecule has 0 radical (unpaired) electrons. The summed E-state index contributed by atoms with van der Waals surface area (Å²) in [5.41, 5.74) is -0.546. The number of aliphatic hydroxyl groups is 2. The van der Waals surface area contributed by atoms with Gasteiger partial charge in [0.1, 0.15) is 5.25 Å². The topological polar surface area (TPSA) is 74.6 Å². The van der Waals surface area contributed by atoms with Crippen LogP contribution >= 0.6 is 0 Å². The summed E-state index contributed by atoms with van der Waals surface area (Å²) < 4.78 is 23.0. The Morgan fingerprint density at radius 3 is 1.93 bits per heavy atom. The zero-order valence-corrected chi connectivity index (χ0v) is 10.0. The second-order valence-electron chi connectivity index (χ2n) is 4.48. The Morgan fingerprint density at radius 2 is 1.71 bits per heavy atom. The first-order chi connectivity index (χ1) is 6.16. The number of aliphatic hydroxyl groups excluding tert-OH is 2. The van der Waals surface area contributed by atoms with Crippen LogP contribution in [0.2, 0.25) is 0 Å². The fourth-order valence-corrected chi connectivity index (χ4v) is 2.64. The van der Waals surface area contributed by atoms with Gasteiger partial charge in [0.05, 0.1) is 12.7 Å². The third-order valence-corrected chi connectivity index (χ3v) is 4.42. The maximum Gasteiger partial charge on any atom is 0.157 e. The monoisotopic (exact) mass is 224 g/mol. The number of hydrogen-bond acceptors (Lipinski definition) is 4. The van der Waals surface area contributed by atoms with E-state index in [0.29, 0.717) is 0 Å². The van der Waals surface area contributed by atoms with Gasteiger partial charge in [0.25, 0.3) is 0 Å². The van der Waals surface area contributed by atoms with Gasteiger partial charge in [-0.15, -0.1) is 0 Å². The maximum absolute atomic E-state index is 11.5. The molecular weight excluding hydrogens is 204 g/mol. The Bertz CT molecular complexity index is 263. The van der Waals surface area contributed by atoms with E-state index >= 15 is 0 Å². The number of hydrogen-bond donors (Lipinski definition) is 2. The molecule has 4 nitrogen and oxygen atoms in total. The van der Waals surface area contributed by atoms with E-state index in [0.717, 1.165) is 0 Å². The Labute approximate surface area is 85.9 Å². The van der Waals surface area contributed by atoms with Crippen molar-refractivity contribution in [2.45, 2.75) is 39.0 Å². The highest BCUT2D eigenvalue weighted by molar-refractivity contribution is 7.92. The summed E-state index contributed by atoms with van der Waals surface area (Å²) in [7, 11) is -3.39. The molecule has 0 unspecified atom stereocenters. The van der Waals surface area contributed by atoms with Crippen LogP contribution in [0, 0.1) is 5.41 Å². The average molecular weight is 224 g/mol. The lowest BCUT2D eigenvalue weighted by molar-refractivity contribution is 0.0439. The lowest BCUT2D eigenvalue weighted by atomic mass is 9.87. The van der Waals surface area contributed by atoms with E-state index in [1.807, 2.05) is 0 Å². The summed E-state index contributed by atoms with van der Waals surface area (Å²) in [5, 5.41) is 17.7. The maximum atomic E-state index is 11.5. The lowest BCUT2D eigenvalue weighted by Crippen LogP contribution is -2.45. The van der Waals surface area contributed by atoms with Crippen molar-refractivity contribution in [1.29, 1.82) is 0 Å². The van der Waals surface area contributed by atoms with Gasteiger partial charge in [-0.2, -0.15) is 0 Å². The zero-order chi connectivity index (χ0) is 11.6. The van der Waals surface area contributed by atoms with Crippen LogP contribution in [0.3, 0.4) is 0 Å². The number of rotatable bonds is 4. The van der Waals surface area contributed by atoms with Crippen molar-refractivity contribution >= 4 is 9.84 Å². The molecule has 0 saturated heterocycles. The fourth-order valence-electron chi connectivity index (χ4n) is 1.18. The Kier molecular flexibility index (Phi) is 4.55. The predicted molar refractivity (Wildman–Crippen MR) is 55.8 cm³/mol. The standard InChI is InChI=1S/C9H20O4S/c1-5-14(12,13)7(6-10)8(11)9(2,3)4/h7-8,10-11H,5-6H2,1-4H3/t7-,8+/m0/s1. The van der Waals surface area contributed by atoms with Crippen LogP contribution in [-0.4, -0.2) is 42.3 Å². The molecule has 0 aromatic rings. The summed E-state index contributed by atoms with van der Waals surface area (Å²) in [6.07, 6.45) is -1.04. The van der Waals surface area contributed by atoms with Crippen LogP contribution in [0.1, 0.15) is 27.7 Å². The molecule has 0 rings (SSSR count). The van der Waals surface area contributed by atoms with Gasteiger partial charge in [-0.1, -0.05) is 27.7 Å². The van der Waals surface area contributed by atoms with Gasteiger partial charge in [-0.05, 0) is 5.41 Å². The minimum atomic E-state index is -3.39. The normalized spacial score (nSPS) is 17.9. The van der Waals surface area contributed by atoms with Crippen LogP contribution in [0.5, 0.6) is 0 Å². The Balaban J connectivity index is 4.93. The van der Waals surface area contributed by atoms with E-state index < -0.39 is 33.2 Å². The first-order valence-electron chi connectivity index (χ1n) is 4.67. The molecule has 14 heavy (non-hydrogen) atoms. The highest BCUT2D eigenvalue weighted by Crippen LogP contribution is 2.25. The highest BCUT2D eigenvalue weighted by Gasteiger charge is 2.37. The molecule has 0 bridgehead atoms. The molecule has 2 atom stereocenters. The molecule has 0 aromatic carbocycles. The van der Waals surface area contributed by atoms with Gasteiger partial charge in [0.2, 0.25) is 0 Å². The van der Waals surface area contributed by atoms with Gasteiger partial charge in [0, 0.05) is 5.75 Å². The Hall–Kier alpha value is -0.130. The molecule has 0 fully saturated rings. The van der Waals surface area contributed by atoms with Crippen LogP contribution in [-0.2, 0) is 9.84 Å². The molecule has 86 valence electrons. The van der Waals surface area contributed by atoms with E-state index in [1.165, 1.54) is 6.92 Å². The molecule has 0 aliphatic heterocycles. The second kappa shape index (κ2) is 4.59. The average Bonchev–Trinajstić information content (AvgIpc) is 2.03. The molecule has 0 aliphatic rings. The zero-order valence-electron chi connectivity index (χ0n) is 9.19. The van der Waals surface area contributed by atoms with Gasteiger partial charge >= 0.3 is 0 Å². The van der Waals surface area contributed by atoms with Crippen LogP contribution in [0.4, 0.5) is 0 Å². The summed E-state index contributed by atoms with van der Waals surface area (Å²) >= 11 is 0. The second-order valence-corrected chi connectivity index (χ2v) is 6.99. The van der Waals surface area contributed by atoms with E-state index in [2.05, 4.69) is 0 Å². The predicted octanol–water partition coefficient (Wildman–Crippen LogP) is 0.189. The molecule has 2 N–H and O–H groups in total. The molecule has 5 heteroatoms.